The van der Waals surface area contributed by atoms with Gasteiger partial charge in [0.1, 0.15) is 0 Å². The summed E-state index contributed by atoms with van der Waals surface area (Å²) in [6, 6.07) is 11.9. The Hall–Kier alpha value is -3.28. The van der Waals surface area contributed by atoms with Gasteiger partial charge < -0.3 is 20.1 Å². The lowest BCUT2D eigenvalue weighted by Gasteiger charge is -2.31. The molecule has 0 saturated carbocycles. The van der Waals surface area contributed by atoms with E-state index in [1.54, 1.807) is 42.5 Å². The van der Waals surface area contributed by atoms with Crippen LogP contribution in [-0.4, -0.2) is 50.6 Å². The largest absolute Gasteiger partial charge is 0.476 e. The summed E-state index contributed by atoms with van der Waals surface area (Å²) in [6.45, 7) is 1.27. The maximum absolute atomic E-state index is 13.5. The van der Waals surface area contributed by atoms with E-state index in [4.69, 9.17) is 9.84 Å². The molecule has 5 rings (SSSR count). The summed E-state index contributed by atoms with van der Waals surface area (Å²) in [5.74, 6) is -1.79. The van der Waals surface area contributed by atoms with Crippen LogP contribution in [-0.2, 0) is 19.4 Å². The molecule has 1 amide bonds. The normalized spacial score (nSPS) is 17.6. The number of para-hydroxylation sites is 1. The smallest absolute Gasteiger partial charge is 0.355 e. The van der Waals surface area contributed by atoms with Crippen molar-refractivity contribution in [3.8, 4) is 0 Å². The van der Waals surface area contributed by atoms with Crippen molar-refractivity contribution >= 4 is 49.6 Å². The summed E-state index contributed by atoms with van der Waals surface area (Å²) in [7, 11) is -1.89. The molecule has 3 aromatic rings. The molecular weight excluding hydrogens is 502 g/mol. The number of ether oxygens (including phenoxy) is 1. The summed E-state index contributed by atoms with van der Waals surface area (Å²) in [5.41, 5.74) is 1.65. The molecule has 2 aliphatic rings. The van der Waals surface area contributed by atoms with Gasteiger partial charge in [-0.25, -0.2) is 18.2 Å². The number of aromatic carboxylic acids is 1. The van der Waals surface area contributed by atoms with Gasteiger partial charge in [-0.3, -0.25) is 4.79 Å². The number of carbonyl (C=O) groups excluding carboxylic acids is 1. The zero-order chi connectivity index (χ0) is 25.4. The number of rotatable bonds is 6. The average Bonchev–Trinajstić information content (AvgIpc) is 3.35. The monoisotopic (exact) mass is 527 g/mol. The van der Waals surface area contributed by atoms with Crippen molar-refractivity contribution in [1.29, 1.82) is 0 Å². The Morgan fingerprint density at radius 2 is 1.89 bits per heavy atom. The number of thiazole rings is 1. The summed E-state index contributed by atoms with van der Waals surface area (Å²) in [4.78, 5) is 30.9. The highest BCUT2D eigenvalue weighted by molar-refractivity contribution is 7.92. The minimum atomic E-state index is -3.70. The minimum Gasteiger partial charge on any atom is -0.476 e. The van der Waals surface area contributed by atoms with Crippen LogP contribution < -0.4 is 10.2 Å². The highest BCUT2D eigenvalue weighted by Gasteiger charge is 2.34. The second kappa shape index (κ2) is 9.64. The van der Waals surface area contributed by atoms with Crippen LogP contribution in [0, 0.1) is 5.92 Å². The quantitative estimate of drug-likeness (QED) is 0.486. The lowest BCUT2D eigenvalue weighted by molar-refractivity contribution is -0.118. The Bertz CT molecular complexity index is 1430. The number of hydrogen-bond acceptors (Lipinski definition) is 8. The van der Waals surface area contributed by atoms with Crippen LogP contribution in [0.3, 0.4) is 0 Å². The molecule has 2 aromatic carbocycles. The molecule has 2 N–H and O–H groups in total. The van der Waals surface area contributed by atoms with Gasteiger partial charge in [0.05, 0.1) is 27.1 Å². The van der Waals surface area contributed by atoms with Crippen LogP contribution >= 0.6 is 11.3 Å². The molecular formula is C25H25N3O6S2. The topological polar surface area (TPSA) is 126 Å². The molecule has 1 unspecified atom stereocenters. The van der Waals surface area contributed by atoms with E-state index >= 15 is 0 Å². The first-order valence-electron chi connectivity index (χ1n) is 11.5. The van der Waals surface area contributed by atoms with Gasteiger partial charge in [-0.2, -0.15) is 0 Å². The number of benzene rings is 2. The molecule has 11 heteroatoms. The Kier molecular flexibility index (Phi) is 6.54. The van der Waals surface area contributed by atoms with Gasteiger partial charge >= 0.3 is 5.97 Å². The number of nitrogens with one attached hydrogen (secondary N) is 1. The molecule has 9 nitrogen and oxygen atoms in total. The molecule has 36 heavy (non-hydrogen) atoms. The number of sulfone groups is 1. The molecule has 2 aliphatic heterocycles. The first kappa shape index (κ1) is 24.4. The van der Waals surface area contributed by atoms with E-state index in [2.05, 4.69) is 10.3 Å². The number of fused-ring (bicyclic) bond motifs is 2. The van der Waals surface area contributed by atoms with E-state index in [1.807, 2.05) is 11.9 Å². The molecule has 0 bridgehead atoms. The number of aromatic nitrogens is 1. The number of amides is 1. The van der Waals surface area contributed by atoms with Crippen LogP contribution in [0.15, 0.2) is 57.6 Å². The molecule has 0 spiro atoms. The molecule has 1 atom stereocenters. The second-order valence-electron chi connectivity index (χ2n) is 8.93. The first-order chi connectivity index (χ1) is 17.3. The van der Waals surface area contributed by atoms with Gasteiger partial charge in [-0.15, -0.1) is 11.3 Å². The molecule has 1 aromatic heterocycles. The highest BCUT2D eigenvalue weighted by Crippen LogP contribution is 2.44. The third kappa shape index (κ3) is 4.49. The van der Waals surface area contributed by atoms with E-state index in [0.717, 1.165) is 24.2 Å². The summed E-state index contributed by atoms with van der Waals surface area (Å²) in [6.07, 6.45) is 2.21. The molecule has 188 valence electrons. The standard InChI is InChI=1S/C25H25N3O6S2/c1-28-19-4-2-3-5-21(19)36(32,33)22-7-6-16(13-20(22)28)17(12-15-8-10-34-11-9-15)23(29)27-25-26-18(14-35-25)24(30)31/h2-7,13-15,17H,8-12H2,1H3,(H,30,31)(H,26,27,29). The third-order valence-corrected chi connectivity index (χ3v) is 9.34. The van der Waals surface area contributed by atoms with Gasteiger partial charge in [0.2, 0.25) is 15.7 Å². The van der Waals surface area contributed by atoms with E-state index in [0.29, 0.717) is 36.6 Å². The number of anilines is 3. The number of carboxylic acid groups (broad SMARTS) is 1. The zero-order valence-corrected chi connectivity index (χ0v) is 21.1. The Balaban J connectivity index is 1.51. The van der Waals surface area contributed by atoms with E-state index in [-0.39, 0.29) is 32.4 Å². The van der Waals surface area contributed by atoms with Crippen molar-refractivity contribution in [2.24, 2.45) is 5.92 Å². The predicted octanol–water partition coefficient (Wildman–Crippen LogP) is 4.29. The van der Waals surface area contributed by atoms with Gasteiger partial charge in [0.25, 0.3) is 0 Å². The van der Waals surface area contributed by atoms with Crippen molar-refractivity contribution < 1.29 is 27.9 Å². The zero-order valence-electron chi connectivity index (χ0n) is 19.5. The van der Waals surface area contributed by atoms with Crippen LogP contribution in [0.1, 0.15) is 41.2 Å². The first-order valence-corrected chi connectivity index (χ1v) is 13.9. The van der Waals surface area contributed by atoms with Crippen molar-refractivity contribution in [2.45, 2.75) is 35.0 Å². The lowest BCUT2D eigenvalue weighted by atomic mass is 9.84. The summed E-state index contributed by atoms with van der Waals surface area (Å²) in [5, 5.41) is 13.5. The summed E-state index contributed by atoms with van der Waals surface area (Å²) >= 11 is 1.05. The van der Waals surface area contributed by atoms with Crippen molar-refractivity contribution in [1.82, 2.24) is 4.98 Å². The molecule has 0 radical (unpaired) electrons. The third-order valence-electron chi connectivity index (χ3n) is 6.73. The highest BCUT2D eigenvalue weighted by atomic mass is 32.2. The van der Waals surface area contributed by atoms with E-state index in [1.165, 1.54) is 5.38 Å². The number of carboxylic acids is 1. The van der Waals surface area contributed by atoms with Crippen LogP contribution in [0.5, 0.6) is 0 Å². The number of nitrogens with zero attached hydrogens (tertiary/aromatic N) is 2. The van der Waals surface area contributed by atoms with Gasteiger partial charge in [0.15, 0.2) is 10.8 Å². The number of carbonyl (C=O) groups is 2. The molecule has 0 aliphatic carbocycles. The molecule has 1 saturated heterocycles. The van der Waals surface area contributed by atoms with Crippen LogP contribution in [0.4, 0.5) is 16.5 Å². The van der Waals surface area contributed by atoms with Gasteiger partial charge in [-0.05, 0) is 55.0 Å². The fourth-order valence-electron chi connectivity index (χ4n) is 4.78. The predicted molar refractivity (Wildman–Crippen MR) is 135 cm³/mol. The SMILES string of the molecule is CN1c2ccccc2S(=O)(=O)c2ccc(C(CC3CCOCC3)C(=O)Nc3nc(C(=O)O)cs3)cc21. The van der Waals surface area contributed by atoms with Gasteiger partial charge in [-0.1, -0.05) is 18.2 Å². The summed E-state index contributed by atoms with van der Waals surface area (Å²) < 4.78 is 32.1. The van der Waals surface area contributed by atoms with E-state index < -0.39 is 21.7 Å². The van der Waals surface area contributed by atoms with Crippen molar-refractivity contribution in [3.05, 3.63) is 59.1 Å². The van der Waals surface area contributed by atoms with Crippen LogP contribution in [0.25, 0.3) is 0 Å². The Morgan fingerprint density at radius 3 is 2.61 bits per heavy atom. The Morgan fingerprint density at radius 1 is 1.17 bits per heavy atom. The average molecular weight is 528 g/mol. The molecule has 1 fully saturated rings. The van der Waals surface area contributed by atoms with Crippen molar-refractivity contribution in [2.75, 3.05) is 30.5 Å². The lowest BCUT2D eigenvalue weighted by Crippen LogP contribution is -2.27. The van der Waals surface area contributed by atoms with Gasteiger partial charge in [0, 0.05) is 25.6 Å². The van der Waals surface area contributed by atoms with E-state index in [9.17, 15) is 18.0 Å². The Labute approximate surface area is 212 Å². The number of hydrogen-bond donors (Lipinski definition) is 2. The van der Waals surface area contributed by atoms with Crippen molar-refractivity contribution in [3.63, 3.8) is 0 Å². The molecule has 3 heterocycles. The van der Waals surface area contributed by atoms with Crippen LogP contribution in [0.2, 0.25) is 0 Å². The fourth-order valence-corrected chi connectivity index (χ4v) is 7.16. The fraction of sp³-hybridized carbons (Fsp3) is 0.320. The maximum atomic E-state index is 13.5. The second-order valence-corrected chi connectivity index (χ2v) is 11.7. The minimum absolute atomic E-state index is 0.129. The maximum Gasteiger partial charge on any atom is 0.355 e.